The summed E-state index contributed by atoms with van der Waals surface area (Å²) in [6, 6.07) is 14.1. The number of carbonyl (C=O) groups excluding carboxylic acids is 1. The Morgan fingerprint density at radius 2 is 1.98 bits per heavy atom. The zero-order valence-electron chi connectivity index (χ0n) is 23.7. The zero-order chi connectivity index (χ0) is 30.0. The van der Waals surface area contributed by atoms with Crippen molar-refractivity contribution in [3.05, 3.63) is 81.9 Å². The topological polar surface area (TPSA) is 124 Å². The first-order valence-corrected chi connectivity index (χ1v) is 15.7. The minimum absolute atomic E-state index is 0.0306. The molecule has 1 aromatic heterocycles. The Morgan fingerprint density at radius 3 is 2.74 bits per heavy atom. The van der Waals surface area contributed by atoms with Crippen molar-refractivity contribution in [3.8, 4) is 11.5 Å². The molecule has 0 spiro atoms. The highest BCUT2D eigenvalue weighted by atomic mass is 35.5. The van der Waals surface area contributed by atoms with E-state index in [4.69, 9.17) is 20.5 Å². The van der Waals surface area contributed by atoms with Crippen LogP contribution < -0.4 is 4.18 Å². The fraction of sp³-hybridized carbons (Fsp3) is 0.367. The second kappa shape index (κ2) is 12.3. The van der Waals surface area contributed by atoms with Crippen molar-refractivity contribution in [1.29, 1.82) is 0 Å². The van der Waals surface area contributed by atoms with Gasteiger partial charge in [0.2, 0.25) is 0 Å². The Labute approximate surface area is 250 Å². The lowest BCUT2D eigenvalue weighted by molar-refractivity contribution is -0.143. The smallest absolute Gasteiger partial charge is 0.385 e. The SMILES string of the molecule is CCOC(=O)CC(c1ccc(C)c(CN2Cc3cc(O)ccc3OS2(=O)=O)c1)c1ccc2c(nnn2CCCCl)c1C. The number of benzene rings is 3. The van der Waals surface area contributed by atoms with Gasteiger partial charge in [0.15, 0.2) is 0 Å². The Hall–Kier alpha value is -3.67. The number of phenolic OH excluding ortho intramolecular Hbond substituents is 1. The highest BCUT2D eigenvalue weighted by Crippen LogP contribution is 2.36. The number of aromatic hydroxyl groups is 1. The molecule has 0 amide bonds. The summed E-state index contributed by atoms with van der Waals surface area (Å²) in [6.45, 7) is 6.67. The molecule has 1 N–H and O–H groups in total. The van der Waals surface area contributed by atoms with E-state index in [2.05, 4.69) is 10.3 Å². The van der Waals surface area contributed by atoms with Gasteiger partial charge in [0.25, 0.3) is 0 Å². The number of esters is 1. The minimum Gasteiger partial charge on any atom is -0.508 e. The number of alkyl halides is 1. The van der Waals surface area contributed by atoms with Crippen LogP contribution in [0.25, 0.3) is 11.0 Å². The third-order valence-electron chi connectivity index (χ3n) is 7.56. The van der Waals surface area contributed by atoms with E-state index in [0.29, 0.717) is 18.0 Å². The van der Waals surface area contributed by atoms with E-state index in [1.807, 2.05) is 48.9 Å². The van der Waals surface area contributed by atoms with Crippen LogP contribution in [0.3, 0.4) is 0 Å². The number of carbonyl (C=O) groups is 1. The Morgan fingerprint density at radius 1 is 1.17 bits per heavy atom. The highest BCUT2D eigenvalue weighted by Gasteiger charge is 2.32. The van der Waals surface area contributed by atoms with Crippen LogP contribution in [0.2, 0.25) is 0 Å². The summed E-state index contributed by atoms with van der Waals surface area (Å²) >= 11 is 5.88. The normalized spacial score (nSPS) is 15.2. The van der Waals surface area contributed by atoms with Gasteiger partial charge in [-0.05, 0) is 79.3 Å². The van der Waals surface area contributed by atoms with Gasteiger partial charge >= 0.3 is 16.3 Å². The predicted octanol–water partition coefficient (Wildman–Crippen LogP) is 5.11. The molecule has 5 rings (SSSR count). The van der Waals surface area contributed by atoms with E-state index in [1.165, 1.54) is 22.5 Å². The van der Waals surface area contributed by atoms with E-state index in [-0.39, 0.29) is 49.5 Å². The van der Waals surface area contributed by atoms with Crippen LogP contribution in [0.5, 0.6) is 11.5 Å². The van der Waals surface area contributed by atoms with Gasteiger partial charge in [-0.3, -0.25) is 4.79 Å². The third kappa shape index (κ3) is 6.08. The van der Waals surface area contributed by atoms with E-state index in [0.717, 1.165) is 45.3 Å². The molecule has 1 aliphatic rings. The fourth-order valence-corrected chi connectivity index (χ4v) is 6.55. The van der Waals surface area contributed by atoms with Crippen LogP contribution in [0.1, 0.15) is 59.1 Å². The Bertz CT molecular complexity index is 1740. The van der Waals surface area contributed by atoms with E-state index in [1.54, 1.807) is 6.92 Å². The molecule has 0 saturated heterocycles. The first-order valence-electron chi connectivity index (χ1n) is 13.8. The van der Waals surface area contributed by atoms with Crippen LogP contribution in [-0.4, -0.2) is 51.3 Å². The second-order valence-corrected chi connectivity index (χ2v) is 12.3. The molecule has 0 aliphatic carbocycles. The molecule has 3 aromatic carbocycles. The molecule has 1 atom stereocenters. The fourth-order valence-electron chi connectivity index (χ4n) is 5.34. The van der Waals surface area contributed by atoms with Crippen LogP contribution >= 0.6 is 11.6 Å². The first kappa shape index (κ1) is 29.8. The van der Waals surface area contributed by atoms with Gasteiger partial charge < -0.3 is 14.0 Å². The summed E-state index contributed by atoms with van der Waals surface area (Å²) in [4.78, 5) is 12.8. The van der Waals surface area contributed by atoms with Crippen LogP contribution in [0.15, 0.2) is 48.5 Å². The molecule has 0 radical (unpaired) electrons. The number of halogens is 1. The summed E-state index contributed by atoms with van der Waals surface area (Å²) < 4.78 is 39.7. The van der Waals surface area contributed by atoms with Gasteiger partial charge in [0, 0.05) is 37.0 Å². The van der Waals surface area contributed by atoms with Gasteiger partial charge in [-0.15, -0.1) is 16.7 Å². The summed E-state index contributed by atoms with van der Waals surface area (Å²) in [6.07, 6.45) is 0.865. The van der Waals surface area contributed by atoms with Crippen LogP contribution in [-0.2, 0) is 39.5 Å². The Balaban J connectivity index is 1.52. The maximum absolute atomic E-state index is 13.0. The number of nitrogens with zero attached hydrogens (tertiary/aromatic N) is 4. The largest absolute Gasteiger partial charge is 0.508 e. The maximum atomic E-state index is 13.0. The van der Waals surface area contributed by atoms with Crippen molar-refractivity contribution in [2.24, 2.45) is 0 Å². The standard InChI is InChI=1S/C30H33ClN4O6S/c1-4-40-29(37)16-26(25-9-10-27-30(20(25)3)32-33-35(27)13-5-12-31)21-7-6-19(2)22(14-21)17-34-18-23-15-24(36)8-11-28(23)41-42(34,38)39/h6-11,14-15,26,36H,4-5,12-13,16-18H2,1-3H3. The maximum Gasteiger partial charge on any atom is 0.385 e. The van der Waals surface area contributed by atoms with Crippen molar-refractivity contribution in [2.75, 3.05) is 12.5 Å². The molecule has 0 fully saturated rings. The number of hydrogen-bond acceptors (Lipinski definition) is 8. The lowest BCUT2D eigenvalue weighted by Gasteiger charge is -2.28. The predicted molar refractivity (Wildman–Crippen MR) is 159 cm³/mol. The van der Waals surface area contributed by atoms with Crippen LogP contribution in [0.4, 0.5) is 0 Å². The molecule has 1 aliphatic heterocycles. The lowest BCUT2D eigenvalue weighted by atomic mass is 9.84. The third-order valence-corrected chi connectivity index (χ3v) is 9.11. The Kier molecular flexibility index (Phi) is 8.72. The number of aryl methyl sites for hydroxylation is 3. The molecule has 2 heterocycles. The van der Waals surface area contributed by atoms with E-state index < -0.39 is 10.3 Å². The molecule has 1 unspecified atom stereocenters. The number of hydrogen-bond donors (Lipinski definition) is 1. The highest BCUT2D eigenvalue weighted by molar-refractivity contribution is 7.84. The van der Waals surface area contributed by atoms with Gasteiger partial charge in [-0.2, -0.15) is 12.7 Å². The van der Waals surface area contributed by atoms with Crippen molar-refractivity contribution in [1.82, 2.24) is 19.3 Å². The molecule has 42 heavy (non-hydrogen) atoms. The van der Waals surface area contributed by atoms with Gasteiger partial charge in [-0.1, -0.05) is 29.5 Å². The van der Waals surface area contributed by atoms with Gasteiger partial charge in [-0.25, -0.2) is 4.68 Å². The molecular formula is C30H33ClN4O6S. The lowest BCUT2D eigenvalue weighted by Crippen LogP contribution is -2.37. The van der Waals surface area contributed by atoms with Crippen molar-refractivity contribution in [2.45, 2.75) is 59.2 Å². The number of fused-ring (bicyclic) bond motifs is 2. The van der Waals surface area contributed by atoms with Crippen molar-refractivity contribution in [3.63, 3.8) is 0 Å². The average molecular weight is 613 g/mol. The van der Waals surface area contributed by atoms with E-state index in [9.17, 15) is 18.3 Å². The molecule has 0 saturated carbocycles. The molecule has 10 nitrogen and oxygen atoms in total. The van der Waals surface area contributed by atoms with Gasteiger partial charge in [0.05, 0.1) is 18.5 Å². The van der Waals surface area contributed by atoms with E-state index >= 15 is 0 Å². The molecule has 222 valence electrons. The quantitative estimate of drug-likeness (QED) is 0.194. The number of aromatic nitrogens is 3. The van der Waals surface area contributed by atoms with Gasteiger partial charge in [0.1, 0.15) is 17.0 Å². The molecule has 4 aromatic rings. The molecule has 12 heteroatoms. The molecular weight excluding hydrogens is 580 g/mol. The second-order valence-electron chi connectivity index (χ2n) is 10.4. The van der Waals surface area contributed by atoms with Crippen molar-refractivity contribution < 1.29 is 27.2 Å². The average Bonchev–Trinajstić information content (AvgIpc) is 3.36. The summed E-state index contributed by atoms with van der Waals surface area (Å²) in [5.74, 6) is 0.0544. The first-order chi connectivity index (χ1) is 20.1. The summed E-state index contributed by atoms with van der Waals surface area (Å²) in [7, 11) is -4.06. The number of phenols is 1. The van der Waals surface area contributed by atoms with Crippen molar-refractivity contribution >= 4 is 38.9 Å². The summed E-state index contributed by atoms with van der Waals surface area (Å²) in [5, 5.41) is 18.6. The molecule has 0 bridgehead atoms. The zero-order valence-corrected chi connectivity index (χ0v) is 25.3. The summed E-state index contributed by atoms with van der Waals surface area (Å²) in [5.41, 5.74) is 6.53. The number of rotatable bonds is 10. The minimum atomic E-state index is -4.06. The monoisotopic (exact) mass is 612 g/mol. The van der Waals surface area contributed by atoms with Crippen LogP contribution in [0, 0.1) is 13.8 Å². The number of ether oxygens (including phenoxy) is 1.